The zero-order valence-corrected chi connectivity index (χ0v) is 17.8. The highest BCUT2D eigenvalue weighted by atomic mass is 35.5. The Morgan fingerprint density at radius 2 is 1.97 bits per heavy atom. The molecular weight excluding hydrogens is 428 g/mol. The van der Waals surface area contributed by atoms with Crippen LogP contribution in [0.1, 0.15) is 35.3 Å². The van der Waals surface area contributed by atoms with E-state index in [0.29, 0.717) is 18.1 Å². The molecule has 1 heterocycles. The molecule has 2 aromatic rings. The maximum atomic E-state index is 13.5. The van der Waals surface area contributed by atoms with E-state index in [1.54, 1.807) is 7.11 Å². The van der Waals surface area contributed by atoms with Gasteiger partial charge in [0.15, 0.2) is 17.6 Å². The number of benzene rings is 2. The summed E-state index contributed by atoms with van der Waals surface area (Å²) in [7, 11) is 1.56. The summed E-state index contributed by atoms with van der Waals surface area (Å²) in [6, 6.07) is 10.3. The summed E-state index contributed by atoms with van der Waals surface area (Å²) in [4.78, 5) is 17.1. The van der Waals surface area contributed by atoms with Gasteiger partial charge in [-0.1, -0.05) is 23.7 Å². The van der Waals surface area contributed by atoms with Crippen LogP contribution in [0, 0.1) is 11.6 Å². The zero-order chi connectivity index (χ0) is 22.4. The van der Waals surface area contributed by atoms with Crippen molar-refractivity contribution >= 4 is 23.5 Å². The first-order valence-corrected chi connectivity index (χ1v) is 10.1. The minimum atomic E-state index is -1.10. The number of hydrazine groups is 1. The van der Waals surface area contributed by atoms with Crippen molar-refractivity contribution in [3.63, 3.8) is 0 Å². The fraction of sp³-hybridized carbons (Fsp3) is 0.333. The molecule has 7 nitrogen and oxygen atoms in total. The highest BCUT2D eigenvalue weighted by molar-refractivity contribution is 6.30. The Balaban J connectivity index is 1.73. The first-order valence-electron chi connectivity index (χ1n) is 9.72. The molecule has 0 radical (unpaired) electrons. The number of rotatable bonds is 6. The Labute approximate surface area is 184 Å². The lowest BCUT2D eigenvalue weighted by Gasteiger charge is -2.18. The second-order valence-corrected chi connectivity index (χ2v) is 7.64. The normalized spacial score (nSPS) is 19.8. The Hall–Kier alpha value is -2.59. The number of halogens is 3. The molecule has 1 aliphatic rings. The Morgan fingerprint density at radius 1 is 1.23 bits per heavy atom. The molecule has 4 N–H and O–H groups in total. The van der Waals surface area contributed by atoms with Gasteiger partial charge in [-0.2, -0.15) is 0 Å². The van der Waals surface area contributed by atoms with Crippen molar-refractivity contribution in [3.8, 4) is 0 Å². The fourth-order valence-corrected chi connectivity index (χ4v) is 3.27. The molecule has 1 fully saturated rings. The van der Waals surface area contributed by atoms with Crippen molar-refractivity contribution in [2.45, 2.75) is 31.6 Å². The summed E-state index contributed by atoms with van der Waals surface area (Å²) in [6.45, 7) is 2.24. The molecule has 1 saturated heterocycles. The number of hydrogen-bond acceptors (Lipinski definition) is 5. The molecule has 0 saturated carbocycles. The van der Waals surface area contributed by atoms with Gasteiger partial charge in [0.1, 0.15) is 6.17 Å². The number of carbonyl (C=O) groups is 1. The molecule has 10 heteroatoms. The van der Waals surface area contributed by atoms with Crippen molar-refractivity contribution < 1.29 is 18.3 Å². The number of ether oxygens (including phenoxy) is 1. The van der Waals surface area contributed by atoms with E-state index in [0.717, 1.165) is 17.7 Å². The van der Waals surface area contributed by atoms with E-state index in [1.165, 1.54) is 6.07 Å². The monoisotopic (exact) mass is 451 g/mol. The van der Waals surface area contributed by atoms with Crippen LogP contribution in [-0.4, -0.2) is 37.8 Å². The lowest BCUT2D eigenvalue weighted by molar-refractivity contribution is 0.0974. The molecular formula is C21H24ClF2N5O2. The van der Waals surface area contributed by atoms with Gasteiger partial charge in [-0.25, -0.2) is 24.6 Å². The number of methoxy groups -OCH3 is 1. The molecule has 1 aliphatic heterocycles. The van der Waals surface area contributed by atoms with E-state index in [-0.39, 0.29) is 29.8 Å². The van der Waals surface area contributed by atoms with Crippen LogP contribution >= 0.6 is 11.6 Å². The van der Waals surface area contributed by atoms with Gasteiger partial charge in [0, 0.05) is 36.2 Å². The molecule has 31 heavy (non-hydrogen) atoms. The standard InChI is InChI=1S/C21H24ClF2N5O2/c1-12(11-31-2)25-21(27-20(30)14-5-8-16(23)17(24)9-14)26-19-10-18(28-29-19)13-3-6-15(22)7-4-13/h3-9,12,18-19,28-29H,10-11H2,1-2H3,(H2,25,26,27,30)/t12-,18?,19?/m0/s1. The first-order chi connectivity index (χ1) is 14.9. The SMILES string of the molecule is COC[C@H](C)NC(=NC1CC(c2ccc(Cl)cc2)NN1)NC(=O)c1ccc(F)c(F)c1. The van der Waals surface area contributed by atoms with Gasteiger partial charge < -0.3 is 10.1 Å². The van der Waals surface area contributed by atoms with Crippen LogP contribution in [0.15, 0.2) is 47.5 Å². The molecule has 1 amide bonds. The number of nitrogens with zero attached hydrogens (tertiary/aromatic N) is 1. The van der Waals surface area contributed by atoms with Crippen LogP contribution in [0.25, 0.3) is 0 Å². The number of amides is 1. The van der Waals surface area contributed by atoms with E-state index < -0.39 is 17.5 Å². The summed E-state index contributed by atoms with van der Waals surface area (Å²) >= 11 is 5.95. The van der Waals surface area contributed by atoms with E-state index >= 15 is 0 Å². The molecule has 0 aliphatic carbocycles. The fourth-order valence-electron chi connectivity index (χ4n) is 3.14. The van der Waals surface area contributed by atoms with E-state index in [9.17, 15) is 13.6 Å². The third-order valence-corrected chi connectivity index (χ3v) is 4.91. The molecule has 166 valence electrons. The second kappa shape index (κ2) is 10.6. The van der Waals surface area contributed by atoms with Crippen LogP contribution in [0.5, 0.6) is 0 Å². The van der Waals surface area contributed by atoms with Crippen molar-refractivity contribution in [2.75, 3.05) is 13.7 Å². The molecule has 2 aromatic carbocycles. The van der Waals surface area contributed by atoms with Crippen molar-refractivity contribution in [2.24, 2.45) is 4.99 Å². The summed E-state index contributed by atoms with van der Waals surface area (Å²) < 4.78 is 31.8. The Morgan fingerprint density at radius 3 is 2.65 bits per heavy atom. The maximum absolute atomic E-state index is 13.5. The molecule has 0 spiro atoms. The lowest BCUT2D eigenvalue weighted by atomic mass is 10.0. The topological polar surface area (TPSA) is 86.8 Å². The Kier molecular flexibility index (Phi) is 7.91. The average Bonchev–Trinajstić information content (AvgIpc) is 3.19. The third-order valence-electron chi connectivity index (χ3n) is 4.65. The largest absolute Gasteiger partial charge is 0.383 e. The van der Waals surface area contributed by atoms with Crippen LogP contribution < -0.4 is 21.5 Å². The summed E-state index contributed by atoms with van der Waals surface area (Å²) in [5, 5.41) is 6.36. The van der Waals surface area contributed by atoms with Crippen LogP contribution in [0.4, 0.5) is 8.78 Å². The summed E-state index contributed by atoms with van der Waals surface area (Å²) in [5.41, 5.74) is 7.27. The van der Waals surface area contributed by atoms with E-state index in [1.807, 2.05) is 31.2 Å². The maximum Gasteiger partial charge on any atom is 0.258 e. The van der Waals surface area contributed by atoms with Gasteiger partial charge in [-0.05, 0) is 42.8 Å². The third kappa shape index (κ3) is 6.44. The summed E-state index contributed by atoms with van der Waals surface area (Å²) in [6.07, 6.45) is 0.273. The molecule has 3 atom stereocenters. The number of guanidine groups is 1. The van der Waals surface area contributed by atoms with Gasteiger partial charge in [0.05, 0.1) is 6.61 Å². The second-order valence-electron chi connectivity index (χ2n) is 7.21. The molecule has 0 bridgehead atoms. The minimum Gasteiger partial charge on any atom is -0.383 e. The van der Waals surface area contributed by atoms with Crippen molar-refractivity contribution in [3.05, 3.63) is 70.2 Å². The zero-order valence-electron chi connectivity index (χ0n) is 17.1. The lowest BCUT2D eigenvalue weighted by Crippen LogP contribution is -2.47. The quantitative estimate of drug-likeness (QED) is 0.401. The summed E-state index contributed by atoms with van der Waals surface area (Å²) in [5.74, 6) is -2.55. The molecule has 0 aromatic heterocycles. The van der Waals surface area contributed by atoms with Gasteiger partial charge in [-0.15, -0.1) is 0 Å². The predicted octanol–water partition coefficient (Wildman–Crippen LogP) is 2.89. The molecule has 3 rings (SSSR count). The van der Waals surface area contributed by atoms with Crippen LogP contribution in [-0.2, 0) is 4.74 Å². The number of carbonyl (C=O) groups excluding carboxylic acids is 1. The van der Waals surface area contributed by atoms with Crippen molar-refractivity contribution in [1.29, 1.82) is 0 Å². The van der Waals surface area contributed by atoms with Crippen LogP contribution in [0.3, 0.4) is 0 Å². The van der Waals surface area contributed by atoms with Crippen molar-refractivity contribution in [1.82, 2.24) is 21.5 Å². The van der Waals surface area contributed by atoms with Gasteiger partial charge >= 0.3 is 0 Å². The van der Waals surface area contributed by atoms with E-state index in [2.05, 4.69) is 26.5 Å². The van der Waals surface area contributed by atoms with Gasteiger partial charge in [0.25, 0.3) is 5.91 Å². The number of nitrogens with one attached hydrogen (secondary N) is 4. The molecule has 2 unspecified atom stereocenters. The van der Waals surface area contributed by atoms with Gasteiger partial charge in [-0.3, -0.25) is 10.1 Å². The highest BCUT2D eigenvalue weighted by Gasteiger charge is 2.25. The van der Waals surface area contributed by atoms with Crippen LogP contribution in [0.2, 0.25) is 5.02 Å². The highest BCUT2D eigenvalue weighted by Crippen LogP contribution is 2.24. The first kappa shape index (κ1) is 23.1. The number of hydrogen-bond donors (Lipinski definition) is 4. The average molecular weight is 452 g/mol. The smallest absolute Gasteiger partial charge is 0.258 e. The van der Waals surface area contributed by atoms with E-state index in [4.69, 9.17) is 16.3 Å². The predicted molar refractivity (Wildman–Crippen MR) is 115 cm³/mol. The van der Waals surface area contributed by atoms with Gasteiger partial charge in [0.2, 0.25) is 0 Å². The number of aliphatic imine (C=N–C) groups is 1. The Bertz CT molecular complexity index is 942. The minimum absolute atomic E-state index is 0.00515.